The number of para-hydroxylation sites is 3. The van der Waals surface area contributed by atoms with E-state index >= 15 is 0 Å². The number of hydrogen-bond donors (Lipinski definition) is 0. The van der Waals surface area contributed by atoms with E-state index in [9.17, 15) is 0 Å². The minimum Gasteiger partial charge on any atom is -0.458 e. The number of hydrogen-bond acceptors (Lipinski definition) is 6. The molecule has 9 aromatic carbocycles. The molecule has 0 spiro atoms. The largest absolute Gasteiger partial charge is 0.458 e. The first-order chi connectivity index (χ1) is 31.3. The Morgan fingerprint density at radius 2 is 0.873 bits per heavy atom. The Balaban J connectivity index is 1.07. The predicted molar refractivity (Wildman–Crippen MR) is 264 cm³/mol. The molecule has 0 saturated carbocycles. The number of rotatable bonds is 2. The molecule has 0 unspecified atom stereocenters. The summed E-state index contributed by atoms with van der Waals surface area (Å²) in [7, 11) is 0. The Labute approximate surface area is 374 Å². The van der Waals surface area contributed by atoms with Crippen molar-refractivity contribution in [2.45, 2.75) is 19.6 Å². The number of anilines is 6. The van der Waals surface area contributed by atoms with Crippen molar-refractivity contribution in [3.8, 4) is 23.0 Å². The first-order valence-corrected chi connectivity index (χ1v) is 23.2. The molecule has 0 amide bonds. The molecule has 15 rings (SSSR count). The molecule has 0 N–H and O–H groups in total. The normalized spacial score (nSPS) is 14.6. The zero-order valence-corrected chi connectivity index (χ0v) is 35.3. The third-order valence-electron chi connectivity index (χ3n) is 13.9. The molecule has 0 atom stereocenters. The maximum absolute atomic E-state index is 7.07. The van der Waals surface area contributed by atoms with Crippen molar-refractivity contribution < 1.29 is 9.47 Å². The molecule has 6 aliphatic rings. The van der Waals surface area contributed by atoms with Crippen LogP contribution in [0.5, 0.6) is 23.0 Å². The van der Waals surface area contributed by atoms with Gasteiger partial charge in [-0.05, 0) is 105 Å². The average Bonchev–Trinajstić information content (AvgIpc) is 3.33. The molecule has 6 aliphatic heterocycles. The van der Waals surface area contributed by atoms with Crippen LogP contribution in [-0.4, -0.2) is 20.1 Å². The van der Waals surface area contributed by atoms with Crippen LogP contribution in [0.2, 0.25) is 0 Å². The summed E-state index contributed by atoms with van der Waals surface area (Å²) in [5, 5.41) is 0. The van der Waals surface area contributed by atoms with Gasteiger partial charge in [0.15, 0.2) is 0 Å². The van der Waals surface area contributed by atoms with Gasteiger partial charge >= 0.3 is 0 Å². The van der Waals surface area contributed by atoms with Crippen molar-refractivity contribution in [1.82, 2.24) is 0 Å². The van der Waals surface area contributed by atoms with Gasteiger partial charge in [0.1, 0.15) is 23.0 Å². The summed E-state index contributed by atoms with van der Waals surface area (Å²) in [6.45, 7) is -0.0329. The van der Waals surface area contributed by atoms with Crippen LogP contribution in [0.3, 0.4) is 0 Å². The lowest BCUT2D eigenvalue weighted by atomic mass is 9.29. The van der Waals surface area contributed by atoms with Crippen molar-refractivity contribution in [2.75, 3.05) is 9.80 Å². The van der Waals surface area contributed by atoms with Crippen LogP contribution in [0.25, 0.3) is 0 Å². The highest BCUT2D eigenvalue weighted by atomic mass is 32.2. The smallest absolute Gasteiger partial charge is 0.253 e. The predicted octanol–water partition coefficient (Wildman–Crippen LogP) is 7.94. The number of nitrogens with zero attached hydrogens (tertiary/aromatic N) is 2. The van der Waals surface area contributed by atoms with E-state index in [0.29, 0.717) is 0 Å². The van der Waals surface area contributed by atoms with Gasteiger partial charge in [-0.3, -0.25) is 0 Å². The molecule has 290 valence electrons. The summed E-state index contributed by atoms with van der Waals surface area (Å²) in [4.78, 5) is 10.1. The molecule has 9 heteroatoms. The Morgan fingerprint density at radius 1 is 0.317 bits per heavy atom. The van der Waals surface area contributed by atoms with Crippen LogP contribution in [0, 0.1) is 0 Å². The van der Waals surface area contributed by atoms with E-state index in [2.05, 4.69) is 198 Å². The maximum atomic E-state index is 7.07. The van der Waals surface area contributed by atoms with Crippen molar-refractivity contribution in [3.63, 3.8) is 0 Å². The average molecular weight is 836 g/mol. The second-order valence-corrected chi connectivity index (χ2v) is 19.2. The highest BCUT2D eigenvalue weighted by Gasteiger charge is 2.50. The second kappa shape index (κ2) is 12.8. The minimum atomic E-state index is -0.104. The zero-order valence-electron chi connectivity index (χ0n) is 33.7. The number of benzene rings is 9. The molecule has 0 aromatic heterocycles. The van der Waals surface area contributed by atoms with Crippen LogP contribution in [-0.2, 0) is 0 Å². The summed E-state index contributed by atoms with van der Waals surface area (Å²) in [5.41, 5.74) is 18.3. The molecule has 0 aliphatic carbocycles. The van der Waals surface area contributed by atoms with E-state index in [1.54, 1.807) is 0 Å². The molecular weight excluding hydrogens is 805 g/mol. The first-order valence-electron chi connectivity index (χ1n) is 21.6. The quantitative estimate of drug-likeness (QED) is 0.164. The molecule has 0 fully saturated rings. The van der Waals surface area contributed by atoms with Gasteiger partial charge < -0.3 is 19.3 Å². The monoisotopic (exact) mass is 836 g/mol. The highest BCUT2D eigenvalue weighted by Crippen LogP contribution is 2.49. The third-order valence-corrected chi connectivity index (χ3v) is 16.3. The fraction of sp³-hybridized carbons (Fsp3) is 0. The lowest BCUT2D eigenvalue weighted by Crippen LogP contribution is -2.66. The Hall–Kier alpha value is -6.93. The van der Waals surface area contributed by atoms with Crippen LogP contribution in [0.1, 0.15) is 0 Å². The number of fused-ring (bicyclic) bond motifs is 13. The Bertz CT molecular complexity index is 3450. The highest BCUT2D eigenvalue weighted by molar-refractivity contribution is 8.00. The lowest BCUT2D eigenvalue weighted by molar-refractivity contribution is 0.486. The van der Waals surface area contributed by atoms with Gasteiger partial charge in [-0.2, -0.15) is 0 Å². The van der Waals surface area contributed by atoms with Crippen molar-refractivity contribution in [1.29, 1.82) is 0 Å². The summed E-state index contributed by atoms with van der Waals surface area (Å²) >= 11 is 3.76. The molecule has 0 saturated heterocycles. The van der Waals surface area contributed by atoms with Crippen LogP contribution in [0.15, 0.2) is 208 Å². The fourth-order valence-corrected chi connectivity index (χ4v) is 13.9. The Kier molecular flexibility index (Phi) is 7.05. The lowest BCUT2D eigenvalue weighted by Gasteiger charge is -2.46. The van der Waals surface area contributed by atoms with Gasteiger partial charge in [-0.1, -0.05) is 144 Å². The molecule has 6 heterocycles. The first kappa shape index (κ1) is 34.6. The fourth-order valence-electron chi connectivity index (χ4n) is 11.4. The van der Waals surface area contributed by atoms with Crippen molar-refractivity contribution in [2.24, 2.45) is 0 Å². The van der Waals surface area contributed by atoms with Crippen molar-refractivity contribution in [3.05, 3.63) is 188 Å². The van der Waals surface area contributed by atoms with Gasteiger partial charge in [-0.15, -0.1) is 0 Å². The van der Waals surface area contributed by atoms with E-state index in [1.807, 2.05) is 23.5 Å². The van der Waals surface area contributed by atoms with Gasteiger partial charge in [0.05, 0.1) is 0 Å². The minimum absolute atomic E-state index is 0.0332. The third kappa shape index (κ3) is 4.68. The summed E-state index contributed by atoms with van der Waals surface area (Å²) in [5.74, 6) is 3.70. The topological polar surface area (TPSA) is 24.9 Å². The van der Waals surface area contributed by atoms with Crippen LogP contribution >= 0.6 is 23.5 Å². The SMILES string of the molecule is c1ccc(N2c3cc4c(cc3B3c5c2cccc5N(c2ccccc2)c2cc5c6c(c23)Sc2ccccc2B6c2ccccc2O5)B2c3ccccc3Sc3cccc(c32)O4)cc1. The maximum Gasteiger partial charge on any atom is 0.253 e. The van der Waals surface area contributed by atoms with E-state index in [4.69, 9.17) is 9.47 Å². The molecule has 4 nitrogen and oxygen atoms in total. The molecule has 0 radical (unpaired) electrons. The van der Waals surface area contributed by atoms with Crippen LogP contribution < -0.4 is 68.4 Å². The van der Waals surface area contributed by atoms with Gasteiger partial charge in [0.25, 0.3) is 20.1 Å². The van der Waals surface area contributed by atoms with E-state index in [-0.39, 0.29) is 20.1 Å². The van der Waals surface area contributed by atoms with Gasteiger partial charge in [-0.25, -0.2) is 0 Å². The number of ether oxygens (including phenoxy) is 2. The molecule has 0 bridgehead atoms. The van der Waals surface area contributed by atoms with Crippen molar-refractivity contribution >= 4 is 127 Å². The molecule has 63 heavy (non-hydrogen) atoms. The molecule has 9 aromatic rings. The van der Waals surface area contributed by atoms with Gasteiger partial charge in [0.2, 0.25) is 0 Å². The summed E-state index contributed by atoms with van der Waals surface area (Å²) in [6.07, 6.45) is 0. The van der Waals surface area contributed by atoms with E-state index in [0.717, 1.165) is 45.7 Å². The summed E-state index contributed by atoms with van der Waals surface area (Å²) in [6, 6.07) is 69.0. The van der Waals surface area contributed by atoms with E-state index < -0.39 is 0 Å². The van der Waals surface area contributed by atoms with E-state index in [1.165, 1.54) is 80.1 Å². The van der Waals surface area contributed by atoms with Crippen LogP contribution in [0.4, 0.5) is 34.1 Å². The summed E-state index contributed by atoms with van der Waals surface area (Å²) < 4.78 is 14.1. The second-order valence-electron chi connectivity index (χ2n) is 17.0. The zero-order chi connectivity index (χ0) is 40.9. The molecular formula is C54H31B3N2O2S2. The van der Waals surface area contributed by atoms with Gasteiger partial charge in [0, 0.05) is 65.8 Å². The standard InChI is InChI=1S/C54H31B3N2O2S2/c1-3-15-32(16-4-1)58-39-22-13-23-40-50(39)57(37-29-38-45(30-41(37)58)61-44-25-14-28-49-52(44)56(38)35-20-8-11-26-47(35)62-49)51-42(59(40)33-17-5-2-6-18-33)31-46-53-54(51)63-48-27-12-9-21-36(48)55(53)34-19-7-10-24-43(34)60-46/h1-31H. The Morgan fingerprint density at radius 3 is 1.62 bits per heavy atom.